The second kappa shape index (κ2) is 7.04. The third kappa shape index (κ3) is 4.06. The zero-order valence-electron chi connectivity index (χ0n) is 11.3. The number of nitrogens with one attached hydrogen (secondary N) is 1. The second-order valence-corrected chi connectivity index (χ2v) is 4.92. The average Bonchev–Trinajstić information content (AvgIpc) is 2.45. The lowest BCUT2D eigenvalue weighted by molar-refractivity contribution is 0.288. The van der Waals surface area contributed by atoms with Gasteiger partial charge in [0.2, 0.25) is 11.1 Å². The first kappa shape index (κ1) is 14.5. The van der Waals surface area contributed by atoms with Crippen LogP contribution in [0.1, 0.15) is 13.3 Å². The molecule has 0 amide bonds. The predicted molar refractivity (Wildman–Crippen MR) is 75.7 cm³/mol. The van der Waals surface area contributed by atoms with Gasteiger partial charge in [0.15, 0.2) is 0 Å². The van der Waals surface area contributed by atoms with E-state index in [4.69, 9.17) is 4.74 Å². The van der Waals surface area contributed by atoms with Gasteiger partial charge in [-0.2, -0.15) is 15.0 Å². The molecule has 7 heteroatoms. The molecule has 0 bridgehead atoms. The number of anilines is 1. The third-order valence-corrected chi connectivity index (χ3v) is 3.11. The Labute approximate surface area is 121 Å². The van der Waals surface area contributed by atoms with Gasteiger partial charge in [0.05, 0.1) is 6.61 Å². The van der Waals surface area contributed by atoms with Crippen LogP contribution in [0.15, 0.2) is 34.3 Å². The monoisotopic (exact) mass is 294 g/mol. The molecule has 5 nitrogen and oxygen atoms in total. The molecule has 106 valence electrons. The fraction of sp³-hybridized carbons (Fsp3) is 0.308. The average molecular weight is 294 g/mol. The summed E-state index contributed by atoms with van der Waals surface area (Å²) in [5, 5.41) is 3.31. The maximum atomic E-state index is 13.2. The molecule has 0 aliphatic carbocycles. The SMILES string of the molecule is CCCOc1nc(NC)nc(Sc2cccc(F)c2)n1. The molecule has 1 aromatic carbocycles. The first-order valence-corrected chi connectivity index (χ1v) is 7.03. The van der Waals surface area contributed by atoms with Gasteiger partial charge >= 0.3 is 6.01 Å². The van der Waals surface area contributed by atoms with Crippen LogP contribution in [0.2, 0.25) is 0 Å². The van der Waals surface area contributed by atoms with Crippen molar-refractivity contribution in [1.82, 2.24) is 15.0 Å². The summed E-state index contributed by atoms with van der Waals surface area (Å²) in [5.41, 5.74) is 0. The summed E-state index contributed by atoms with van der Waals surface area (Å²) in [6.07, 6.45) is 0.868. The van der Waals surface area contributed by atoms with Crippen LogP contribution in [0.3, 0.4) is 0 Å². The lowest BCUT2D eigenvalue weighted by Crippen LogP contribution is -2.05. The highest BCUT2D eigenvalue weighted by molar-refractivity contribution is 7.99. The van der Waals surface area contributed by atoms with Gasteiger partial charge in [-0.15, -0.1) is 0 Å². The van der Waals surface area contributed by atoms with Crippen molar-refractivity contribution in [2.45, 2.75) is 23.4 Å². The molecule has 20 heavy (non-hydrogen) atoms. The molecule has 0 aliphatic rings. The van der Waals surface area contributed by atoms with Crippen LogP contribution in [-0.2, 0) is 0 Å². The van der Waals surface area contributed by atoms with Gasteiger partial charge in [-0.1, -0.05) is 13.0 Å². The summed E-state index contributed by atoms with van der Waals surface area (Å²) in [6, 6.07) is 6.53. The number of hydrogen-bond acceptors (Lipinski definition) is 6. The van der Waals surface area contributed by atoms with Gasteiger partial charge in [-0.05, 0) is 36.4 Å². The standard InChI is InChI=1S/C13H15FN4OS/c1-3-7-19-12-16-11(15-2)17-13(18-12)20-10-6-4-5-9(14)8-10/h4-6,8H,3,7H2,1-2H3,(H,15,16,17,18). The highest BCUT2D eigenvalue weighted by Gasteiger charge is 2.08. The Morgan fingerprint density at radius 3 is 2.85 bits per heavy atom. The molecule has 0 radical (unpaired) electrons. The van der Waals surface area contributed by atoms with Crippen molar-refractivity contribution in [1.29, 1.82) is 0 Å². The van der Waals surface area contributed by atoms with Crippen molar-refractivity contribution < 1.29 is 9.13 Å². The summed E-state index contributed by atoms with van der Waals surface area (Å²) < 4.78 is 18.6. The van der Waals surface area contributed by atoms with Crippen molar-refractivity contribution in [2.75, 3.05) is 19.0 Å². The fourth-order valence-corrected chi connectivity index (χ4v) is 2.17. The summed E-state index contributed by atoms with van der Waals surface area (Å²) in [6.45, 7) is 2.54. The summed E-state index contributed by atoms with van der Waals surface area (Å²) in [7, 11) is 1.72. The molecule has 1 N–H and O–H groups in total. The molecule has 1 heterocycles. The summed E-state index contributed by atoms with van der Waals surface area (Å²) in [4.78, 5) is 13.2. The van der Waals surface area contributed by atoms with E-state index in [2.05, 4.69) is 20.3 Å². The predicted octanol–water partition coefficient (Wildman–Crippen LogP) is 2.99. The van der Waals surface area contributed by atoms with E-state index in [9.17, 15) is 4.39 Å². The molecule has 1 aromatic heterocycles. The molecule has 0 saturated heterocycles. The normalized spacial score (nSPS) is 10.3. The van der Waals surface area contributed by atoms with E-state index in [0.717, 1.165) is 11.3 Å². The Morgan fingerprint density at radius 1 is 1.30 bits per heavy atom. The molecule has 2 rings (SSSR count). The molecular formula is C13H15FN4OS. The largest absolute Gasteiger partial charge is 0.463 e. The molecule has 0 aliphatic heterocycles. The summed E-state index contributed by atoms with van der Waals surface area (Å²) in [5.74, 6) is 0.130. The molecule has 0 spiro atoms. The first-order chi connectivity index (χ1) is 9.71. The number of hydrogen-bond donors (Lipinski definition) is 1. The van der Waals surface area contributed by atoms with Gasteiger partial charge in [-0.3, -0.25) is 0 Å². The van der Waals surface area contributed by atoms with Crippen LogP contribution in [0.25, 0.3) is 0 Å². The van der Waals surface area contributed by atoms with Gasteiger partial charge in [0.25, 0.3) is 0 Å². The van der Waals surface area contributed by atoms with E-state index in [1.165, 1.54) is 23.9 Å². The van der Waals surface area contributed by atoms with Crippen LogP contribution in [0, 0.1) is 5.82 Å². The smallest absolute Gasteiger partial charge is 0.322 e. The van der Waals surface area contributed by atoms with Gasteiger partial charge < -0.3 is 10.1 Å². The third-order valence-electron chi connectivity index (χ3n) is 2.26. The summed E-state index contributed by atoms with van der Waals surface area (Å²) >= 11 is 1.26. The van der Waals surface area contributed by atoms with E-state index in [1.807, 2.05) is 6.92 Å². The Kier molecular flexibility index (Phi) is 5.11. The van der Waals surface area contributed by atoms with Gasteiger partial charge in [0.1, 0.15) is 5.82 Å². The van der Waals surface area contributed by atoms with Crippen molar-refractivity contribution >= 4 is 17.7 Å². The second-order valence-electron chi connectivity index (χ2n) is 3.88. The van der Waals surface area contributed by atoms with Crippen molar-refractivity contribution in [3.8, 4) is 6.01 Å². The Bertz CT molecular complexity index is 582. The molecular weight excluding hydrogens is 279 g/mol. The van der Waals surface area contributed by atoms with Crippen LogP contribution in [0.4, 0.5) is 10.3 Å². The maximum absolute atomic E-state index is 13.2. The number of nitrogens with zero attached hydrogens (tertiary/aromatic N) is 3. The molecule has 0 unspecified atom stereocenters. The van der Waals surface area contributed by atoms with E-state index in [0.29, 0.717) is 17.7 Å². The minimum atomic E-state index is -0.291. The van der Waals surface area contributed by atoms with E-state index < -0.39 is 0 Å². The number of halogens is 1. The zero-order chi connectivity index (χ0) is 14.4. The highest BCUT2D eigenvalue weighted by atomic mass is 32.2. The van der Waals surface area contributed by atoms with Crippen LogP contribution < -0.4 is 10.1 Å². The minimum Gasteiger partial charge on any atom is -0.463 e. The topological polar surface area (TPSA) is 59.9 Å². The first-order valence-electron chi connectivity index (χ1n) is 6.21. The van der Waals surface area contributed by atoms with Gasteiger partial charge in [-0.25, -0.2) is 4.39 Å². The molecule has 0 saturated carbocycles. The van der Waals surface area contributed by atoms with E-state index in [1.54, 1.807) is 19.2 Å². The number of benzene rings is 1. The number of rotatable bonds is 6. The Hall–Kier alpha value is -1.89. The van der Waals surface area contributed by atoms with Crippen LogP contribution in [0.5, 0.6) is 6.01 Å². The Morgan fingerprint density at radius 2 is 2.15 bits per heavy atom. The maximum Gasteiger partial charge on any atom is 0.322 e. The minimum absolute atomic E-state index is 0.269. The number of ether oxygens (including phenoxy) is 1. The van der Waals surface area contributed by atoms with Crippen molar-refractivity contribution in [3.63, 3.8) is 0 Å². The van der Waals surface area contributed by atoms with Crippen molar-refractivity contribution in [2.24, 2.45) is 0 Å². The molecule has 0 fully saturated rings. The van der Waals surface area contributed by atoms with Crippen molar-refractivity contribution in [3.05, 3.63) is 30.1 Å². The van der Waals surface area contributed by atoms with E-state index >= 15 is 0 Å². The van der Waals surface area contributed by atoms with Crippen LogP contribution >= 0.6 is 11.8 Å². The van der Waals surface area contributed by atoms with E-state index in [-0.39, 0.29) is 11.8 Å². The fourth-order valence-electron chi connectivity index (χ4n) is 1.39. The lowest BCUT2D eigenvalue weighted by Gasteiger charge is -2.07. The van der Waals surface area contributed by atoms with Gasteiger partial charge in [0, 0.05) is 11.9 Å². The number of aromatic nitrogens is 3. The molecule has 2 aromatic rings. The van der Waals surface area contributed by atoms with Crippen LogP contribution in [-0.4, -0.2) is 28.6 Å². The quantitative estimate of drug-likeness (QED) is 0.884. The zero-order valence-corrected chi connectivity index (χ0v) is 12.1. The lowest BCUT2D eigenvalue weighted by atomic mass is 10.4. The highest BCUT2D eigenvalue weighted by Crippen LogP contribution is 2.26. The Balaban J connectivity index is 2.21. The molecule has 0 atom stereocenters.